The fourth-order valence-electron chi connectivity index (χ4n) is 2.10. The second-order valence-electron chi connectivity index (χ2n) is 5.33. The lowest BCUT2D eigenvalue weighted by atomic mass is 10.0. The summed E-state index contributed by atoms with van der Waals surface area (Å²) in [5.41, 5.74) is 0.763. The number of aliphatic hydroxyl groups excluding tert-OH is 1. The molecule has 2 unspecified atom stereocenters. The van der Waals surface area contributed by atoms with Crippen molar-refractivity contribution in [2.75, 3.05) is 0 Å². The third-order valence-corrected chi connectivity index (χ3v) is 3.80. The molecule has 1 aliphatic carbocycles. The van der Waals surface area contributed by atoms with Crippen LogP contribution in [-0.4, -0.2) is 17.1 Å². The fourth-order valence-corrected chi connectivity index (χ4v) is 2.22. The Morgan fingerprint density at radius 1 is 1.42 bits per heavy atom. The minimum atomic E-state index is -0.706. The first-order valence-electron chi connectivity index (χ1n) is 6.79. The molecule has 104 valence electrons. The molecule has 0 radical (unpaired) electrons. The summed E-state index contributed by atoms with van der Waals surface area (Å²) in [6, 6.07) is 6.73. The highest BCUT2D eigenvalue weighted by Crippen LogP contribution is 2.33. The molecule has 0 spiro atoms. The van der Waals surface area contributed by atoms with Gasteiger partial charge in [-0.1, -0.05) is 36.6 Å². The zero-order chi connectivity index (χ0) is 13.8. The van der Waals surface area contributed by atoms with Crippen LogP contribution in [0.1, 0.15) is 44.3 Å². The van der Waals surface area contributed by atoms with Crippen molar-refractivity contribution in [2.24, 2.45) is 5.92 Å². The first-order valence-corrected chi connectivity index (χ1v) is 7.17. The van der Waals surface area contributed by atoms with Gasteiger partial charge < -0.3 is 10.4 Å². The maximum Gasteiger partial charge on any atom is 0.220 e. The van der Waals surface area contributed by atoms with Gasteiger partial charge >= 0.3 is 0 Å². The lowest BCUT2D eigenvalue weighted by Crippen LogP contribution is -2.36. The minimum absolute atomic E-state index is 0.0208. The predicted octanol–water partition coefficient (Wildman–Crippen LogP) is 3.07. The van der Waals surface area contributed by atoms with E-state index in [1.54, 1.807) is 24.3 Å². The molecule has 0 aromatic heterocycles. The topological polar surface area (TPSA) is 49.3 Å². The van der Waals surface area contributed by atoms with E-state index in [0.717, 1.165) is 17.9 Å². The van der Waals surface area contributed by atoms with Crippen LogP contribution in [-0.2, 0) is 4.79 Å². The number of halogens is 1. The zero-order valence-electron chi connectivity index (χ0n) is 11.1. The van der Waals surface area contributed by atoms with Gasteiger partial charge in [0.2, 0.25) is 5.91 Å². The van der Waals surface area contributed by atoms with Gasteiger partial charge in [0.05, 0.1) is 12.1 Å². The average Bonchev–Trinajstić information content (AvgIpc) is 3.20. The quantitative estimate of drug-likeness (QED) is 0.842. The van der Waals surface area contributed by atoms with E-state index in [1.807, 2.05) is 6.92 Å². The molecule has 1 fully saturated rings. The summed E-state index contributed by atoms with van der Waals surface area (Å²) < 4.78 is 0. The van der Waals surface area contributed by atoms with E-state index < -0.39 is 6.10 Å². The van der Waals surface area contributed by atoms with Crippen molar-refractivity contribution in [1.82, 2.24) is 5.32 Å². The third kappa shape index (κ3) is 4.51. The number of benzene rings is 1. The van der Waals surface area contributed by atoms with Crippen LogP contribution < -0.4 is 5.32 Å². The molecular weight excluding hydrogens is 262 g/mol. The molecule has 4 heteroatoms. The molecule has 1 aromatic rings. The number of amides is 1. The van der Waals surface area contributed by atoms with Crippen LogP contribution in [0.25, 0.3) is 0 Å². The average molecular weight is 282 g/mol. The molecule has 0 heterocycles. The highest BCUT2D eigenvalue weighted by Gasteiger charge is 2.23. The molecule has 1 aliphatic rings. The number of nitrogens with one attached hydrogen (secondary N) is 1. The van der Waals surface area contributed by atoms with Gasteiger partial charge in [0.1, 0.15) is 0 Å². The first kappa shape index (κ1) is 14.4. The van der Waals surface area contributed by atoms with Gasteiger partial charge in [0, 0.05) is 11.4 Å². The van der Waals surface area contributed by atoms with E-state index in [4.69, 9.17) is 11.6 Å². The second kappa shape index (κ2) is 6.40. The SMILES string of the molecule is CC(NC(=O)CCC1CC1)C(O)c1ccc(Cl)cc1. The molecule has 0 saturated heterocycles. The summed E-state index contributed by atoms with van der Waals surface area (Å²) in [5.74, 6) is 0.773. The Kier molecular flexibility index (Phi) is 4.83. The van der Waals surface area contributed by atoms with Crippen LogP contribution >= 0.6 is 11.6 Å². The number of rotatable bonds is 6. The van der Waals surface area contributed by atoms with Crippen LogP contribution in [0.4, 0.5) is 0 Å². The Morgan fingerprint density at radius 2 is 2.05 bits per heavy atom. The van der Waals surface area contributed by atoms with Crippen molar-refractivity contribution >= 4 is 17.5 Å². The van der Waals surface area contributed by atoms with Crippen LogP contribution in [0.5, 0.6) is 0 Å². The molecule has 3 nitrogen and oxygen atoms in total. The second-order valence-corrected chi connectivity index (χ2v) is 5.77. The van der Waals surface area contributed by atoms with Crippen molar-refractivity contribution in [1.29, 1.82) is 0 Å². The minimum Gasteiger partial charge on any atom is -0.386 e. The summed E-state index contributed by atoms with van der Waals surface area (Å²) in [6.45, 7) is 1.81. The molecule has 2 rings (SSSR count). The van der Waals surface area contributed by atoms with Crippen LogP contribution in [0.3, 0.4) is 0 Å². The Morgan fingerprint density at radius 3 is 2.63 bits per heavy atom. The molecule has 2 atom stereocenters. The maximum absolute atomic E-state index is 11.7. The number of aliphatic hydroxyl groups is 1. The van der Waals surface area contributed by atoms with Crippen molar-refractivity contribution in [3.8, 4) is 0 Å². The van der Waals surface area contributed by atoms with E-state index in [0.29, 0.717) is 11.4 Å². The van der Waals surface area contributed by atoms with Crippen LogP contribution in [0.15, 0.2) is 24.3 Å². The standard InChI is InChI=1S/C15H20ClNO2/c1-10(17-14(18)9-4-11-2-3-11)15(19)12-5-7-13(16)8-6-12/h5-8,10-11,15,19H,2-4,9H2,1H3,(H,17,18). The highest BCUT2D eigenvalue weighted by atomic mass is 35.5. The number of carbonyl (C=O) groups is 1. The smallest absolute Gasteiger partial charge is 0.220 e. The summed E-state index contributed by atoms with van der Waals surface area (Å²) in [6.07, 6.45) is 3.34. The Balaban J connectivity index is 1.81. The molecule has 1 amide bonds. The lowest BCUT2D eigenvalue weighted by molar-refractivity contribution is -0.122. The predicted molar refractivity (Wildman–Crippen MR) is 76.0 cm³/mol. The van der Waals surface area contributed by atoms with Crippen molar-refractivity contribution in [3.05, 3.63) is 34.9 Å². The molecule has 0 bridgehead atoms. The molecule has 1 saturated carbocycles. The Labute approximate surface area is 119 Å². The molecule has 19 heavy (non-hydrogen) atoms. The normalized spacial score (nSPS) is 17.8. The van der Waals surface area contributed by atoms with Gasteiger partial charge in [-0.15, -0.1) is 0 Å². The highest BCUT2D eigenvalue weighted by molar-refractivity contribution is 6.30. The third-order valence-electron chi connectivity index (χ3n) is 3.55. The number of carbonyl (C=O) groups excluding carboxylic acids is 1. The summed E-state index contributed by atoms with van der Waals surface area (Å²) >= 11 is 5.81. The number of hydrogen-bond donors (Lipinski definition) is 2. The molecule has 2 N–H and O–H groups in total. The van der Waals surface area contributed by atoms with E-state index in [1.165, 1.54) is 12.8 Å². The summed E-state index contributed by atoms with van der Waals surface area (Å²) in [4.78, 5) is 11.7. The van der Waals surface area contributed by atoms with Crippen molar-refractivity contribution in [2.45, 2.75) is 44.8 Å². The van der Waals surface area contributed by atoms with Gasteiger partial charge in [-0.25, -0.2) is 0 Å². The lowest BCUT2D eigenvalue weighted by Gasteiger charge is -2.20. The van der Waals surface area contributed by atoms with Gasteiger partial charge in [-0.3, -0.25) is 4.79 Å². The van der Waals surface area contributed by atoms with Gasteiger partial charge in [-0.2, -0.15) is 0 Å². The maximum atomic E-state index is 11.7. The van der Waals surface area contributed by atoms with E-state index in [-0.39, 0.29) is 11.9 Å². The van der Waals surface area contributed by atoms with E-state index in [2.05, 4.69) is 5.32 Å². The Hall–Kier alpha value is -1.06. The monoisotopic (exact) mass is 281 g/mol. The summed E-state index contributed by atoms with van der Waals surface area (Å²) in [5, 5.41) is 13.7. The molecular formula is C15H20ClNO2. The van der Waals surface area contributed by atoms with Gasteiger partial charge in [0.25, 0.3) is 0 Å². The zero-order valence-corrected chi connectivity index (χ0v) is 11.9. The Bertz CT molecular complexity index is 428. The molecule has 1 aromatic carbocycles. The van der Waals surface area contributed by atoms with E-state index in [9.17, 15) is 9.90 Å². The van der Waals surface area contributed by atoms with Crippen molar-refractivity contribution in [3.63, 3.8) is 0 Å². The van der Waals surface area contributed by atoms with Crippen molar-refractivity contribution < 1.29 is 9.90 Å². The first-order chi connectivity index (χ1) is 9.06. The number of hydrogen-bond acceptors (Lipinski definition) is 2. The van der Waals surface area contributed by atoms with Gasteiger partial charge in [0.15, 0.2) is 0 Å². The van der Waals surface area contributed by atoms with Crippen LogP contribution in [0.2, 0.25) is 5.02 Å². The van der Waals surface area contributed by atoms with E-state index >= 15 is 0 Å². The van der Waals surface area contributed by atoms with Crippen LogP contribution in [0, 0.1) is 5.92 Å². The van der Waals surface area contributed by atoms with Gasteiger partial charge in [-0.05, 0) is 37.0 Å². The largest absolute Gasteiger partial charge is 0.386 e. The fraction of sp³-hybridized carbons (Fsp3) is 0.533. The summed E-state index contributed by atoms with van der Waals surface area (Å²) in [7, 11) is 0. The molecule has 0 aliphatic heterocycles.